The van der Waals surface area contributed by atoms with Crippen LogP contribution in [0.2, 0.25) is 39.3 Å². The Bertz CT molecular complexity index is 1170. The Balaban J connectivity index is 2.00. The van der Waals surface area contributed by atoms with Crippen LogP contribution < -0.4 is 0 Å². The van der Waals surface area contributed by atoms with Gasteiger partial charge in [0.25, 0.3) is 0 Å². The van der Waals surface area contributed by atoms with Crippen LogP contribution in [0.3, 0.4) is 0 Å². The van der Waals surface area contributed by atoms with Gasteiger partial charge in [0.2, 0.25) is 0 Å². The maximum atomic E-state index is 14.4. The van der Waals surface area contributed by atoms with Crippen LogP contribution in [0.25, 0.3) is 6.08 Å². The second-order valence-corrected chi connectivity index (χ2v) is 26.3. The van der Waals surface area contributed by atoms with Gasteiger partial charge >= 0.3 is 5.97 Å². The van der Waals surface area contributed by atoms with Crippen molar-refractivity contribution in [1.29, 1.82) is 0 Å². The van der Waals surface area contributed by atoms with Crippen molar-refractivity contribution >= 4 is 45.8 Å². The number of fused-ring (bicyclic) bond motifs is 1. The highest BCUT2D eigenvalue weighted by atomic mass is 32.1. The van der Waals surface area contributed by atoms with Crippen molar-refractivity contribution < 1.29 is 23.2 Å². The average molecular weight is 650 g/mol. The molecule has 9 heteroatoms. The van der Waals surface area contributed by atoms with E-state index < -0.39 is 28.2 Å². The van der Waals surface area contributed by atoms with Crippen molar-refractivity contribution in [3.05, 3.63) is 21.7 Å². The smallest absolute Gasteiger partial charge is 0.309 e. The van der Waals surface area contributed by atoms with Gasteiger partial charge in [0, 0.05) is 16.7 Å². The molecule has 1 unspecified atom stereocenters. The molecule has 1 aliphatic carbocycles. The lowest BCUT2D eigenvalue weighted by Gasteiger charge is -2.41. The zero-order valence-corrected chi connectivity index (χ0v) is 32.1. The van der Waals surface area contributed by atoms with Gasteiger partial charge in [-0.15, -0.1) is 11.3 Å². The number of hydrogen-bond acceptors (Lipinski definition) is 7. The molecule has 2 aliphatic rings. The third-order valence-electron chi connectivity index (χ3n) is 9.48. The molecule has 1 saturated heterocycles. The van der Waals surface area contributed by atoms with Gasteiger partial charge in [-0.1, -0.05) is 41.0 Å². The molecule has 0 bridgehead atoms. The van der Waals surface area contributed by atoms with Gasteiger partial charge in [0.05, 0.1) is 29.3 Å². The second-order valence-electron chi connectivity index (χ2n) is 16.3. The third-order valence-corrected chi connectivity index (χ3v) is 12.2. The van der Waals surface area contributed by atoms with Crippen LogP contribution in [0, 0.1) is 35.5 Å². The topological polar surface area (TPSA) is 74.7 Å². The number of ether oxygens (including phenoxy) is 1. The molecule has 244 valence electrons. The van der Waals surface area contributed by atoms with Crippen LogP contribution in [0.1, 0.15) is 90.8 Å². The fraction of sp³-hybridized carbons (Fsp3) is 0.794. The van der Waals surface area contributed by atoms with E-state index in [9.17, 15) is 9.59 Å². The number of ketones is 1. The number of carbonyl (C=O) groups excluding carboxylic acids is 2. The lowest BCUT2D eigenvalue weighted by atomic mass is 9.73. The minimum atomic E-state index is -2.11. The predicted molar refractivity (Wildman–Crippen MR) is 183 cm³/mol. The average Bonchev–Trinajstić information content (AvgIpc) is 3.30. The number of Topliss-reactive ketones (excluding diaryl/α,β-unsaturated/α-hetero) is 1. The van der Waals surface area contributed by atoms with Gasteiger partial charge in [0.1, 0.15) is 11.9 Å². The molecule has 2 fully saturated rings. The van der Waals surface area contributed by atoms with Crippen LogP contribution in [0.5, 0.6) is 0 Å². The fourth-order valence-corrected chi connectivity index (χ4v) is 9.83. The lowest BCUT2D eigenvalue weighted by molar-refractivity contribution is -0.153. The normalized spacial score (nSPS) is 33.6. The number of cyclic esters (lactones) is 1. The standard InChI is InChI=1S/C34H59NO5SSi2/c1-22-15-14-16-34(7)20-26(34)18-28(23(2)17-27-21-41-25(4)35-27)38-30(36)19-29(39-42(8,9)10)33(5,6)32(37)24(3)31(22)40-43(11,12)13/h17,21-22,24,26,28-29,31H,14-16,18-20H2,1-13H3/b23-17+/t22-,24+,26+,28-,29-,31?,34-/m0/s1. The SMILES string of the molecule is C/C(=C\c1csc(C)n1)[C@@H]1C[C@@H]2C[C@]2(C)CCC[C@H](C)C(O[Si](C)(C)C)[C@@H](C)C(=O)C(C)(C)[C@@H](O[Si](C)(C)C)CC(=O)O1. The Hall–Kier alpha value is -1.14. The Morgan fingerprint density at radius 1 is 1.07 bits per heavy atom. The van der Waals surface area contributed by atoms with E-state index in [-0.39, 0.29) is 47.6 Å². The number of esters is 1. The summed E-state index contributed by atoms with van der Waals surface area (Å²) in [6.45, 7) is 27.6. The van der Waals surface area contributed by atoms with Crippen molar-refractivity contribution in [2.75, 3.05) is 0 Å². The molecule has 0 aromatic carbocycles. The first-order valence-electron chi connectivity index (χ1n) is 16.3. The largest absolute Gasteiger partial charge is 0.458 e. The van der Waals surface area contributed by atoms with E-state index in [0.29, 0.717) is 5.92 Å². The zero-order chi connectivity index (χ0) is 32.5. The number of hydrogen-bond donors (Lipinski definition) is 0. The number of nitrogens with zero attached hydrogens (tertiary/aromatic N) is 1. The molecule has 0 N–H and O–H groups in total. The quantitative estimate of drug-likeness (QED) is 0.226. The summed E-state index contributed by atoms with van der Waals surface area (Å²) in [7, 11) is -4.03. The van der Waals surface area contributed by atoms with Crippen molar-refractivity contribution in [2.45, 2.75) is 145 Å². The molecular weight excluding hydrogens is 591 g/mol. The summed E-state index contributed by atoms with van der Waals surface area (Å²) in [5.41, 5.74) is 1.29. The summed E-state index contributed by atoms with van der Waals surface area (Å²) in [4.78, 5) is 32.8. The molecule has 2 heterocycles. The minimum absolute atomic E-state index is 0.0480. The highest BCUT2D eigenvalue weighted by Gasteiger charge is 2.51. The molecule has 1 aromatic heterocycles. The van der Waals surface area contributed by atoms with Gasteiger partial charge in [-0.3, -0.25) is 9.59 Å². The van der Waals surface area contributed by atoms with Gasteiger partial charge < -0.3 is 13.6 Å². The Morgan fingerprint density at radius 2 is 1.70 bits per heavy atom. The first kappa shape index (κ1) is 36.3. The number of rotatable bonds is 6. The van der Waals surface area contributed by atoms with E-state index >= 15 is 0 Å². The van der Waals surface area contributed by atoms with E-state index in [4.69, 9.17) is 13.6 Å². The maximum Gasteiger partial charge on any atom is 0.309 e. The van der Waals surface area contributed by atoms with Gasteiger partial charge in [-0.2, -0.15) is 0 Å². The molecule has 3 rings (SSSR count). The summed E-state index contributed by atoms with van der Waals surface area (Å²) in [6, 6.07) is 0. The summed E-state index contributed by atoms with van der Waals surface area (Å²) in [6.07, 6.45) is 6.28. The summed E-state index contributed by atoms with van der Waals surface area (Å²) >= 11 is 1.62. The van der Waals surface area contributed by atoms with Crippen LogP contribution in [0.15, 0.2) is 11.0 Å². The van der Waals surface area contributed by atoms with Crippen molar-refractivity contribution in [1.82, 2.24) is 4.98 Å². The molecule has 0 radical (unpaired) electrons. The van der Waals surface area contributed by atoms with Crippen LogP contribution >= 0.6 is 11.3 Å². The van der Waals surface area contributed by atoms with Crippen molar-refractivity contribution in [3.8, 4) is 0 Å². The number of aryl methyl sites for hydroxylation is 1. The first-order valence-corrected chi connectivity index (χ1v) is 24.0. The van der Waals surface area contributed by atoms with E-state index in [0.717, 1.165) is 48.4 Å². The van der Waals surface area contributed by atoms with Gasteiger partial charge in [0.15, 0.2) is 16.6 Å². The van der Waals surface area contributed by atoms with E-state index in [1.54, 1.807) is 11.3 Å². The van der Waals surface area contributed by atoms with E-state index in [1.807, 2.05) is 33.1 Å². The van der Waals surface area contributed by atoms with Crippen LogP contribution in [0.4, 0.5) is 0 Å². The summed E-state index contributed by atoms with van der Waals surface area (Å²) in [5.74, 6) is 0.260. The molecule has 1 aromatic rings. The van der Waals surface area contributed by atoms with Crippen molar-refractivity contribution in [3.63, 3.8) is 0 Å². The second kappa shape index (κ2) is 13.7. The molecule has 0 amide bonds. The monoisotopic (exact) mass is 649 g/mol. The first-order chi connectivity index (χ1) is 19.6. The zero-order valence-electron chi connectivity index (χ0n) is 29.3. The summed E-state index contributed by atoms with van der Waals surface area (Å²) in [5, 5.41) is 3.06. The Labute approximate surface area is 268 Å². The molecule has 43 heavy (non-hydrogen) atoms. The number of thiazole rings is 1. The van der Waals surface area contributed by atoms with E-state index in [2.05, 4.69) is 71.1 Å². The highest BCUT2D eigenvalue weighted by molar-refractivity contribution is 7.09. The molecule has 0 spiro atoms. The van der Waals surface area contributed by atoms with Gasteiger partial charge in [-0.25, -0.2) is 4.98 Å². The molecule has 6 nitrogen and oxygen atoms in total. The highest BCUT2D eigenvalue weighted by Crippen LogP contribution is 2.58. The predicted octanol–water partition coefficient (Wildman–Crippen LogP) is 9.06. The Kier molecular flexibility index (Phi) is 11.6. The Morgan fingerprint density at radius 3 is 2.26 bits per heavy atom. The summed E-state index contributed by atoms with van der Waals surface area (Å²) < 4.78 is 19.7. The fourth-order valence-electron chi connectivity index (χ4n) is 6.77. The number of aromatic nitrogens is 1. The van der Waals surface area contributed by atoms with Crippen LogP contribution in [-0.2, 0) is 23.2 Å². The minimum Gasteiger partial charge on any atom is -0.458 e. The van der Waals surface area contributed by atoms with Crippen LogP contribution in [-0.4, -0.2) is 51.7 Å². The molecule has 1 saturated carbocycles. The lowest BCUT2D eigenvalue weighted by Crippen LogP contribution is -2.51. The molecule has 1 aliphatic heterocycles. The molecule has 7 atom stereocenters. The van der Waals surface area contributed by atoms with Gasteiger partial charge in [-0.05, 0) is 108 Å². The van der Waals surface area contributed by atoms with E-state index in [1.165, 1.54) is 0 Å². The third kappa shape index (κ3) is 10.2. The van der Waals surface area contributed by atoms with Crippen molar-refractivity contribution in [2.24, 2.45) is 28.6 Å². The number of carbonyl (C=O) groups is 2. The maximum absolute atomic E-state index is 14.4. The molecular formula is C34H59NO5SSi2.